The van der Waals surface area contributed by atoms with Gasteiger partial charge in [-0.3, -0.25) is 4.98 Å². The molecular weight excluding hydrogens is 342 g/mol. The Bertz CT molecular complexity index is 654. The molecule has 4 nitrogen and oxygen atoms in total. The van der Waals surface area contributed by atoms with E-state index in [0.29, 0.717) is 16.7 Å². The first-order valence-electron chi connectivity index (χ1n) is 7.85. The normalized spacial score (nSPS) is 11.8. The molecule has 1 unspecified atom stereocenters. The Balaban J connectivity index is 2.15. The molecule has 0 aliphatic heterocycles. The van der Waals surface area contributed by atoms with Gasteiger partial charge in [0.05, 0.1) is 22.4 Å². The lowest BCUT2D eigenvalue weighted by Gasteiger charge is -2.31. The van der Waals surface area contributed by atoms with Crippen molar-refractivity contribution in [3.05, 3.63) is 59.4 Å². The summed E-state index contributed by atoms with van der Waals surface area (Å²) < 4.78 is 5.17. The molecule has 0 spiro atoms. The van der Waals surface area contributed by atoms with Crippen LogP contribution in [0.4, 0.5) is 5.69 Å². The molecule has 0 radical (unpaired) electrons. The van der Waals surface area contributed by atoms with E-state index in [1.807, 2.05) is 42.5 Å². The van der Waals surface area contributed by atoms with Crippen molar-refractivity contribution < 1.29 is 4.74 Å². The zero-order valence-electron chi connectivity index (χ0n) is 13.9. The fourth-order valence-corrected chi connectivity index (χ4v) is 2.92. The van der Waals surface area contributed by atoms with Gasteiger partial charge in [-0.05, 0) is 49.8 Å². The van der Waals surface area contributed by atoms with Crippen molar-refractivity contribution in [2.75, 3.05) is 25.6 Å². The van der Waals surface area contributed by atoms with Crippen molar-refractivity contribution in [3.8, 4) is 0 Å². The minimum Gasteiger partial charge on any atom is -0.385 e. The summed E-state index contributed by atoms with van der Waals surface area (Å²) >= 11 is 11.9. The van der Waals surface area contributed by atoms with Gasteiger partial charge in [-0.2, -0.15) is 0 Å². The van der Waals surface area contributed by atoms with Crippen molar-refractivity contribution in [1.82, 2.24) is 9.88 Å². The predicted molar refractivity (Wildman–Crippen MR) is 104 cm³/mol. The number of ether oxygens (including phenoxy) is 1. The first-order chi connectivity index (χ1) is 11.6. The van der Waals surface area contributed by atoms with Gasteiger partial charge in [0, 0.05) is 26.5 Å². The number of rotatable bonds is 7. The number of nitrogens with one attached hydrogen (secondary N) is 1. The molecule has 1 aromatic heterocycles. The van der Waals surface area contributed by atoms with E-state index in [0.717, 1.165) is 24.3 Å². The molecule has 1 heterocycles. The molecule has 0 amide bonds. The van der Waals surface area contributed by atoms with E-state index in [9.17, 15) is 0 Å². The third kappa shape index (κ3) is 5.16. The number of hydrogen-bond acceptors (Lipinski definition) is 3. The van der Waals surface area contributed by atoms with Crippen LogP contribution in [0.3, 0.4) is 0 Å². The highest BCUT2D eigenvalue weighted by Crippen LogP contribution is 2.24. The molecule has 0 saturated heterocycles. The highest BCUT2D eigenvalue weighted by atomic mass is 35.5. The molecule has 0 bridgehead atoms. The van der Waals surface area contributed by atoms with Crippen LogP contribution in [0.2, 0.25) is 5.02 Å². The maximum atomic E-state index is 6.22. The largest absolute Gasteiger partial charge is 0.385 e. The quantitative estimate of drug-likeness (QED) is 0.577. The number of halogens is 1. The highest BCUT2D eigenvalue weighted by molar-refractivity contribution is 7.80. The number of benzene rings is 1. The van der Waals surface area contributed by atoms with Crippen LogP contribution in [0.15, 0.2) is 48.7 Å². The zero-order chi connectivity index (χ0) is 17.4. The molecule has 2 rings (SSSR count). The fraction of sp³-hybridized carbons (Fsp3) is 0.333. The standard InChI is InChI=1S/C18H22ClN3OS/c1-14(16-9-5-6-11-20-16)22(12-7-13-23-2)18(24)21-17-10-4-3-8-15(17)19/h3-6,8-11,14H,7,12-13H2,1-2H3,(H,21,24). The van der Waals surface area contributed by atoms with E-state index in [1.165, 1.54) is 0 Å². The monoisotopic (exact) mass is 363 g/mol. The molecule has 1 atom stereocenters. The van der Waals surface area contributed by atoms with Crippen LogP contribution in [0.5, 0.6) is 0 Å². The predicted octanol–water partition coefficient (Wildman–Crippen LogP) is 4.53. The van der Waals surface area contributed by atoms with Gasteiger partial charge in [-0.1, -0.05) is 29.8 Å². The Morgan fingerprint density at radius 1 is 1.29 bits per heavy atom. The number of pyridine rings is 1. The molecule has 2 aromatic rings. The van der Waals surface area contributed by atoms with Gasteiger partial charge in [-0.25, -0.2) is 0 Å². The summed E-state index contributed by atoms with van der Waals surface area (Å²) in [7, 11) is 1.70. The molecule has 1 N–H and O–H groups in total. The highest BCUT2D eigenvalue weighted by Gasteiger charge is 2.20. The number of nitrogens with zero attached hydrogens (tertiary/aromatic N) is 2. The summed E-state index contributed by atoms with van der Waals surface area (Å²) in [5.41, 5.74) is 1.77. The van der Waals surface area contributed by atoms with Crippen molar-refractivity contribution >= 4 is 34.6 Å². The minimum atomic E-state index is 0.0468. The summed E-state index contributed by atoms with van der Waals surface area (Å²) in [6.07, 6.45) is 2.67. The van der Waals surface area contributed by atoms with Gasteiger partial charge in [0.1, 0.15) is 0 Å². The number of anilines is 1. The lowest BCUT2D eigenvalue weighted by molar-refractivity contribution is 0.181. The Kier molecular flexibility index (Phi) is 7.43. The van der Waals surface area contributed by atoms with Crippen molar-refractivity contribution in [2.45, 2.75) is 19.4 Å². The SMILES string of the molecule is COCCCN(C(=S)Nc1ccccc1Cl)C(C)c1ccccn1. The van der Waals surface area contributed by atoms with Crippen LogP contribution in [0.1, 0.15) is 25.1 Å². The summed E-state index contributed by atoms with van der Waals surface area (Å²) in [6.45, 7) is 3.54. The Labute approximate surface area is 153 Å². The smallest absolute Gasteiger partial charge is 0.174 e. The minimum absolute atomic E-state index is 0.0468. The van der Waals surface area contributed by atoms with Crippen molar-refractivity contribution in [3.63, 3.8) is 0 Å². The van der Waals surface area contributed by atoms with Crippen molar-refractivity contribution in [1.29, 1.82) is 0 Å². The van der Waals surface area contributed by atoms with Gasteiger partial charge in [0.15, 0.2) is 5.11 Å². The zero-order valence-corrected chi connectivity index (χ0v) is 15.5. The number of methoxy groups -OCH3 is 1. The number of thiocarbonyl (C=S) groups is 1. The summed E-state index contributed by atoms with van der Waals surface area (Å²) in [6, 6.07) is 13.5. The number of para-hydroxylation sites is 1. The topological polar surface area (TPSA) is 37.4 Å². The van der Waals surface area contributed by atoms with E-state index in [4.69, 9.17) is 28.6 Å². The molecule has 1 aromatic carbocycles. The maximum absolute atomic E-state index is 6.22. The Hall–Kier alpha value is -1.69. The molecule has 0 saturated carbocycles. The van der Waals surface area contributed by atoms with Crippen LogP contribution < -0.4 is 5.32 Å². The second-order valence-corrected chi connectivity index (χ2v) is 6.17. The third-order valence-corrected chi connectivity index (χ3v) is 4.37. The van der Waals surface area contributed by atoms with E-state index in [2.05, 4.69) is 22.1 Å². The molecule has 128 valence electrons. The summed E-state index contributed by atoms with van der Waals surface area (Å²) in [4.78, 5) is 6.56. The first-order valence-corrected chi connectivity index (χ1v) is 8.64. The Morgan fingerprint density at radius 2 is 2.04 bits per heavy atom. The molecule has 24 heavy (non-hydrogen) atoms. The van der Waals surface area contributed by atoms with Gasteiger partial charge in [0.2, 0.25) is 0 Å². The lowest BCUT2D eigenvalue weighted by Crippen LogP contribution is -2.38. The number of hydrogen-bond donors (Lipinski definition) is 1. The lowest BCUT2D eigenvalue weighted by atomic mass is 10.2. The van der Waals surface area contributed by atoms with Gasteiger partial charge >= 0.3 is 0 Å². The van der Waals surface area contributed by atoms with E-state index in [1.54, 1.807) is 13.3 Å². The van der Waals surface area contributed by atoms with E-state index in [-0.39, 0.29) is 6.04 Å². The molecule has 0 aliphatic carbocycles. The van der Waals surface area contributed by atoms with Crippen LogP contribution in [0, 0.1) is 0 Å². The summed E-state index contributed by atoms with van der Waals surface area (Å²) in [5, 5.41) is 4.51. The average Bonchev–Trinajstić information content (AvgIpc) is 2.61. The maximum Gasteiger partial charge on any atom is 0.174 e. The van der Waals surface area contributed by atoms with Crippen molar-refractivity contribution in [2.24, 2.45) is 0 Å². The number of aromatic nitrogens is 1. The summed E-state index contributed by atoms with van der Waals surface area (Å²) in [5.74, 6) is 0. The molecule has 0 aliphatic rings. The first kappa shape index (κ1) is 18.6. The Morgan fingerprint density at radius 3 is 2.71 bits per heavy atom. The second kappa shape index (κ2) is 9.57. The van der Waals surface area contributed by atoms with Gasteiger partial charge in [-0.15, -0.1) is 0 Å². The van der Waals surface area contributed by atoms with E-state index < -0.39 is 0 Å². The third-order valence-electron chi connectivity index (χ3n) is 3.71. The van der Waals surface area contributed by atoms with Gasteiger partial charge in [0.25, 0.3) is 0 Å². The average molecular weight is 364 g/mol. The van der Waals surface area contributed by atoms with Gasteiger partial charge < -0.3 is 15.0 Å². The van der Waals surface area contributed by atoms with Crippen LogP contribution in [-0.2, 0) is 4.74 Å². The molecular formula is C18H22ClN3OS. The second-order valence-electron chi connectivity index (χ2n) is 5.38. The van der Waals surface area contributed by atoms with E-state index >= 15 is 0 Å². The van der Waals surface area contributed by atoms with Crippen LogP contribution in [-0.4, -0.2) is 35.3 Å². The molecule has 0 fully saturated rings. The fourth-order valence-electron chi connectivity index (χ4n) is 2.38. The molecule has 6 heteroatoms. The van der Waals surface area contributed by atoms with Crippen LogP contribution >= 0.6 is 23.8 Å². The van der Waals surface area contributed by atoms with Crippen LogP contribution in [0.25, 0.3) is 0 Å².